The summed E-state index contributed by atoms with van der Waals surface area (Å²) in [5.41, 5.74) is 0. The Morgan fingerprint density at radius 1 is 1.86 bits per heavy atom. The van der Waals surface area contributed by atoms with Gasteiger partial charge >= 0.3 is 0 Å². The van der Waals surface area contributed by atoms with Crippen molar-refractivity contribution in [2.45, 2.75) is 13.3 Å². The Bertz CT molecular complexity index is 68.5. The van der Waals surface area contributed by atoms with Crippen LogP contribution in [0.2, 0.25) is 0 Å². The molecule has 0 atom stereocenters. The van der Waals surface area contributed by atoms with E-state index in [-0.39, 0.29) is 0 Å². The zero-order chi connectivity index (χ0) is 5.70. The van der Waals surface area contributed by atoms with Gasteiger partial charge in [0.15, 0.2) is 0 Å². The first-order valence-corrected chi connectivity index (χ1v) is 4.41. The molecule has 0 aliphatic carbocycles. The summed E-state index contributed by atoms with van der Waals surface area (Å²) in [6.07, 6.45) is 3.33. The molecule has 2 heteroatoms. The van der Waals surface area contributed by atoms with Crippen molar-refractivity contribution in [3.63, 3.8) is 0 Å². The highest BCUT2D eigenvalue weighted by Crippen LogP contribution is 2.09. The lowest BCUT2D eigenvalue weighted by molar-refractivity contribution is 1.21. The van der Waals surface area contributed by atoms with E-state index < -0.39 is 0 Å². The largest absolute Gasteiger partial charge is 0.0883 e. The summed E-state index contributed by atoms with van der Waals surface area (Å²) in [5.74, 6) is 0. The first-order valence-electron chi connectivity index (χ1n) is 2.21. The normalized spacial score (nSPS) is 12.1. The van der Waals surface area contributed by atoms with Gasteiger partial charge in [-0.3, -0.25) is 0 Å². The van der Waals surface area contributed by atoms with E-state index in [9.17, 15) is 0 Å². The Morgan fingerprint density at radius 3 is 2.57 bits per heavy atom. The van der Waals surface area contributed by atoms with Crippen LogP contribution in [-0.2, 0) is 0 Å². The first-order chi connectivity index (χ1) is 3.31. The Balaban J connectivity index is 3.29. The number of rotatable bonds is 2. The van der Waals surface area contributed by atoms with Crippen LogP contribution in [0.1, 0.15) is 13.3 Å². The number of hydrogen-bond acceptors (Lipinski definition) is 0. The molecular formula is C5H8BrI. The SMILES string of the molecule is CCC(I)=CCBr. The number of halogens is 2. The van der Waals surface area contributed by atoms with Crippen LogP contribution >= 0.6 is 38.5 Å². The maximum atomic E-state index is 3.31. The van der Waals surface area contributed by atoms with E-state index in [1.165, 1.54) is 3.58 Å². The lowest BCUT2D eigenvalue weighted by atomic mass is 10.4. The highest BCUT2D eigenvalue weighted by molar-refractivity contribution is 14.1. The molecule has 7 heavy (non-hydrogen) atoms. The molecule has 0 fully saturated rings. The van der Waals surface area contributed by atoms with Crippen molar-refractivity contribution in [3.05, 3.63) is 9.66 Å². The summed E-state index contributed by atoms with van der Waals surface area (Å²) >= 11 is 5.65. The third kappa shape index (κ3) is 4.81. The van der Waals surface area contributed by atoms with Crippen molar-refractivity contribution >= 4 is 38.5 Å². The molecule has 0 radical (unpaired) electrons. The Labute approximate surface area is 66.6 Å². The topological polar surface area (TPSA) is 0 Å². The zero-order valence-electron chi connectivity index (χ0n) is 4.25. The van der Waals surface area contributed by atoms with Crippen molar-refractivity contribution in [1.29, 1.82) is 0 Å². The summed E-state index contributed by atoms with van der Waals surface area (Å²) in [6.45, 7) is 2.15. The summed E-state index contributed by atoms with van der Waals surface area (Å²) in [5, 5.41) is 0.985. The molecule has 0 bridgehead atoms. The number of allylic oxidation sites excluding steroid dienone is 2. The predicted molar refractivity (Wildman–Crippen MR) is 46.2 cm³/mol. The van der Waals surface area contributed by atoms with Gasteiger partial charge in [0.2, 0.25) is 0 Å². The zero-order valence-corrected chi connectivity index (χ0v) is 7.99. The van der Waals surface area contributed by atoms with Crippen LogP contribution in [0.5, 0.6) is 0 Å². The molecule has 0 aliphatic heterocycles. The van der Waals surface area contributed by atoms with Gasteiger partial charge in [0, 0.05) is 5.33 Å². The van der Waals surface area contributed by atoms with Crippen molar-refractivity contribution in [2.75, 3.05) is 5.33 Å². The van der Waals surface area contributed by atoms with E-state index in [0.29, 0.717) is 0 Å². The van der Waals surface area contributed by atoms with Crippen molar-refractivity contribution < 1.29 is 0 Å². The lowest BCUT2D eigenvalue weighted by Gasteiger charge is -1.85. The van der Waals surface area contributed by atoms with Gasteiger partial charge in [-0.05, 0) is 32.6 Å². The van der Waals surface area contributed by atoms with Gasteiger partial charge in [-0.15, -0.1) is 0 Å². The Kier molecular flexibility index (Phi) is 5.79. The van der Waals surface area contributed by atoms with Crippen LogP contribution in [0.15, 0.2) is 9.66 Å². The average Bonchev–Trinajstić information content (AvgIpc) is 1.68. The van der Waals surface area contributed by atoms with E-state index >= 15 is 0 Å². The molecule has 0 amide bonds. The van der Waals surface area contributed by atoms with Crippen molar-refractivity contribution in [3.8, 4) is 0 Å². The third-order valence-corrected chi connectivity index (χ3v) is 2.16. The van der Waals surface area contributed by atoms with E-state index in [2.05, 4.69) is 51.5 Å². The monoisotopic (exact) mass is 274 g/mol. The molecule has 0 unspecified atom stereocenters. The number of hydrogen-bond donors (Lipinski definition) is 0. The quantitative estimate of drug-likeness (QED) is 0.536. The maximum Gasteiger partial charge on any atom is 0.0222 e. The van der Waals surface area contributed by atoms with Crippen LogP contribution in [0.25, 0.3) is 0 Å². The van der Waals surface area contributed by atoms with Crippen LogP contribution in [0, 0.1) is 0 Å². The van der Waals surface area contributed by atoms with E-state index in [4.69, 9.17) is 0 Å². The molecule has 0 heterocycles. The van der Waals surface area contributed by atoms with Gasteiger partial charge in [0.05, 0.1) is 0 Å². The Hall–Kier alpha value is 0.950. The van der Waals surface area contributed by atoms with E-state index in [0.717, 1.165) is 11.8 Å². The molecule has 0 N–H and O–H groups in total. The predicted octanol–water partition coefficient (Wildman–Crippen LogP) is 3.11. The molecule has 0 aromatic rings. The number of alkyl halides is 1. The molecule has 42 valence electrons. The van der Waals surface area contributed by atoms with Gasteiger partial charge < -0.3 is 0 Å². The minimum absolute atomic E-state index is 0.985. The molecule has 0 aromatic heterocycles. The highest BCUT2D eigenvalue weighted by Gasteiger charge is 1.79. The van der Waals surface area contributed by atoms with Crippen LogP contribution < -0.4 is 0 Å². The fourth-order valence-corrected chi connectivity index (χ4v) is 1.44. The molecule has 0 nitrogen and oxygen atoms in total. The Morgan fingerprint density at radius 2 is 2.43 bits per heavy atom. The average molecular weight is 275 g/mol. The fraction of sp³-hybridized carbons (Fsp3) is 0.600. The maximum absolute atomic E-state index is 3.31. The lowest BCUT2D eigenvalue weighted by Crippen LogP contribution is -1.65. The van der Waals surface area contributed by atoms with Crippen LogP contribution in [-0.4, -0.2) is 5.33 Å². The molecule has 0 aromatic carbocycles. The van der Waals surface area contributed by atoms with Crippen LogP contribution in [0.4, 0.5) is 0 Å². The van der Waals surface area contributed by atoms with Gasteiger partial charge in [0.1, 0.15) is 0 Å². The summed E-state index contributed by atoms with van der Waals surface area (Å²) in [7, 11) is 0. The molecule has 0 saturated heterocycles. The smallest absolute Gasteiger partial charge is 0.0222 e. The molecule has 0 rings (SSSR count). The third-order valence-electron chi connectivity index (χ3n) is 0.636. The molecule has 0 saturated carbocycles. The minimum Gasteiger partial charge on any atom is -0.0883 e. The van der Waals surface area contributed by atoms with Crippen LogP contribution in [0.3, 0.4) is 0 Å². The fourth-order valence-electron chi connectivity index (χ4n) is 0.228. The van der Waals surface area contributed by atoms with E-state index in [1.807, 2.05) is 0 Å². The summed E-state index contributed by atoms with van der Waals surface area (Å²) < 4.78 is 1.43. The second-order valence-corrected chi connectivity index (χ2v) is 3.19. The van der Waals surface area contributed by atoms with Gasteiger partial charge in [-0.1, -0.05) is 28.9 Å². The van der Waals surface area contributed by atoms with E-state index in [1.54, 1.807) is 0 Å². The highest BCUT2D eigenvalue weighted by atomic mass is 127. The second-order valence-electron chi connectivity index (χ2n) is 1.16. The minimum atomic E-state index is 0.985. The molecule has 0 aliphatic rings. The van der Waals surface area contributed by atoms with Crippen molar-refractivity contribution in [1.82, 2.24) is 0 Å². The summed E-state index contributed by atoms with van der Waals surface area (Å²) in [6, 6.07) is 0. The van der Waals surface area contributed by atoms with Gasteiger partial charge in [-0.2, -0.15) is 0 Å². The molecule has 0 spiro atoms. The van der Waals surface area contributed by atoms with Gasteiger partial charge in [-0.25, -0.2) is 0 Å². The second kappa shape index (κ2) is 5.09. The molecular weight excluding hydrogens is 267 g/mol. The standard InChI is InChI=1S/C5H8BrI/c1-2-5(7)3-4-6/h3H,2,4H2,1H3. The van der Waals surface area contributed by atoms with Gasteiger partial charge in [0.25, 0.3) is 0 Å². The van der Waals surface area contributed by atoms with Crippen molar-refractivity contribution in [2.24, 2.45) is 0 Å². The summed E-state index contributed by atoms with van der Waals surface area (Å²) in [4.78, 5) is 0. The first kappa shape index (κ1) is 7.95.